The maximum atomic E-state index is 5.74. The molecule has 1 aliphatic rings. The average Bonchev–Trinajstić information content (AvgIpc) is 2.49. The van der Waals surface area contributed by atoms with Crippen LogP contribution in [0, 0.1) is 0 Å². The van der Waals surface area contributed by atoms with E-state index in [2.05, 4.69) is 69.9 Å². The summed E-state index contributed by atoms with van der Waals surface area (Å²) >= 11 is 5.32. The second kappa shape index (κ2) is 6.97. The number of hydrogen-bond acceptors (Lipinski definition) is 3. The molecule has 0 amide bonds. The first-order valence-electron chi connectivity index (χ1n) is 7.18. The van der Waals surface area contributed by atoms with Crippen molar-refractivity contribution >= 4 is 27.7 Å². The molecule has 0 aromatic heterocycles. The highest BCUT2D eigenvalue weighted by atomic mass is 79.9. The molecule has 2 aromatic rings. The van der Waals surface area contributed by atoms with Crippen molar-refractivity contribution in [3.05, 3.63) is 64.1 Å². The molecule has 0 fully saturated rings. The molecule has 0 saturated heterocycles. The highest BCUT2D eigenvalue weighted by Gasteiger charge is 2.27. The molecule has 21 heavy (non-hydrogen) atoms. The summed E-state index contributed by atoms with van der Waals surface area (Å²) in [7, 11) is 0. The van der Waals surface area contributed by atoms with E-state index in [1.165, 1.54) is 22.4 Å². The lowest BCUT2D eigenvalue weighted by atomic mass is 9.75. The zero-order chi connectivity index (χ0) is 14.7. The van der Waals surface area contributed by atoms with Crippen LogP contribution in [-0.4, -0.2) is 11.8 Å². The molecule has 2 unspecified atom stereocenters. The number of benzene rings is 2. The van der Waals surface area contributed by atoms with Crippen LogP contribution < -0.4 is 11.3 Å². The van der Waals surface area contributed by atoms with Gasteiger partial charge in [0.2, 0.25) is 0 Å². The summed E-state index contributed by atoms with van der Waals surface area (Å²) in [5, 5.41) is 0. The Kier molecular flexibility index (Phi) is 5.01. The Morgan fingerprint density at radius 3 is 2.67 bits per heavy atom. The Balaban J connectivity index is 1.53. The van der Waals surface area contributed by atoms with Gasteiger partial charge in [-0.3, -0.25) is 11.3 Å². The Morgan fingerprint density at radius 2 is 1.95 bits per heavy atom. The van der Waals surface area contributed by atoms with E-state index in [-0.39, 0.29) is 0 Å². The smallest absolute Gasteiger partial charge is 0.0310 e. The Labute approximate surface area is 138 Å². The second-order valence-corrected chi connectivity index (χ2v) is 7.47. The standard InChI is InChI=1S/C17H19BrN2S/c18-14-5-7-16(8-6-14)21-11-15(20-19)10-13-9-12-3-1-2-4-17(12)13/h1-8,13,15,20H,9-11,19H2. The minimum absolute atomic E-state index is 0.344. The lowest BCUT2D eigenvalue weighted by Gasteiger charge is -2.32. The fraction of sp³-hybridized carbons (Fsp3) is 0.294. The fourth-order valence-corrected chi connectivity index (χ4v) is 4.05. The van der Waals surface area contributed by atoms with Gasteiger partial charge in [-0.15, -0.1) is 11.8 Å². The monoisotopic (exact) mass is 362 g/mol. The molecular weight excluding hydrogens is 344 g/mol. The van der Waals surface area contributed by atoms with E-state index in [0.29, 0.717) is 12.0 Å². The Morgan fingerprint density at radius 1 is 1.19 bits per heavy atom. The molecule has 0 bridgehead atoms. The molecule has 0 radical (unpaired) electrons. The molecule has 2 nitrogen and oxygen atoms in total. The van der Waals surface area contributed by atoms with E-state index in [1.54, 1.807) is 0 Å². The van der Waals surface area contributed by atoms with Gasteiger partial charge >= 0.3 is 0 Å². The van der Waals surface area contributed by atoms with Gasteiger partial charge in [0.05, 0.1) is 0 Å². The van der Waals surface area contributed by atoms with Crippen LogP contribution >= 0.6 is 27.7 Å². The number of thioether (sulfide) groups is 1. The number of halogens is 1. The van der Waals surface area contributed by atoms with E-state index in [1.807, 2.05) is 11.8 Å². The van der Waals surface area contributed by atoms with Gasteiger partial charge in [0.25, 0.3) is 0 Å². The molecule has 3 rings (SSSR count). The largest absolute Gasteiger partial charge is 0.271 e. The zero-order valence-electron chi connectivity index (χ0n) is 11.8. The SMILES string of the molecule is NNC(CSc1ccc(Br)cc1)CC1Cc2ccccc21. The van der Waals surface area contributed by atoms with Gasteiger partial charge in [-0.05, 0) is 54.2 Å². The van der Waals surface area contributed by atoms with Crippen LogP contribution in [0.3, 0.4) is 0 Å². The number of nitrogens with one attached hydrogen (secondary N) is 1. The summed E-state index contributed by atoms with van der Waals surface area (Å²) in [5.74, 6) is 7.39. The molecule has 110 valence electrons. The first-order chi connectivity index (χ1) is 10.3. The summed E-state index contributed by atoms with van der Waals surface area (Å²) < 4.78 is 1.12. The second-order valence-electron chi connectivity index (χ2n) is 5.46. The van der Waals surface area contributed by atoms with Crippen LogP contribution in [0.25, 0.3) is 0 Å². The minimum Gasteiger partial charge on any atom is -0.271 e. The van der Waals surface area contributed by atoms with Crippen molar-refractivity contribution in [1.29, 1.82) is 0 Å². The van der Waals surface area contributed by atoms with Crippen molar-refractivity contribution in [2.45, 2.75) is 29.7 Å². The molecule has 0 heterocycles. The van der Waals surface area contributed by atoms with Crippen molar-refractivity contribution in [3.63, 3.8) is 0 Å². The summed E-state index contributed by atoms with van der Waals surface area (Å²) in [6.45, 7) is 0. The number of nitrogens with two attached hydrogens (primary N) is 1. The maximum absolute atomic E-state index is 5.74. The highest BCUT2D eigenvalue weighted by Crippen LogP contribution is 2.38. The third kappa shape index (κ3) is 3.69. The van der Waals surface area contributed by atoms with Gasteiger partial charge in [-0.2, -0.15) is 0 Å². The Hall–Kier alpha value is -0.810. The molecule has 2 aromatic carbocycles. The number of fused-ring (bicyclic) bond motifs is 1. The third-order valence-electron chi connectivity index (χ3n) is 4.03. The molecule has 0 saturated carbocycles. The van der Waals surface area contributed by atoms with Gasteiger partial charge in [-0.25, -0.2) is 0 Å². The topological polar surface area (TPSA) is 38.0 Å². The van der Waals surface area contributed by atoms with Crippen LogP contribution in [0.15, 0.2) is 57.9 Å². The van der Waals surface area contributed by atoms with Gasteiger partial charge in [-0.1, -0.05) is 40.2 Å². The molecule has 1 aliphatic carbocycles. The Bertz CT molecular complexity index is 600. The van der Waals surface area contributed by atoms with Crippen LogP contribution in [0.5, 0.6) is 0 Å². The number of hydrazine groups is 1. The van der Waals surface area contributed by atoms with Crippen molar-refractivity contribution in [1.82, 2.24) is 5.43 Å². The lowest BCUT2D eigenvalue weighted by Crippen LogP contribution is -2.39. The summed E-state index contributed by atoms with van der Waals surface area (Å²) in [4.78, 5) is 1.28. The van der Waals surface area contributed by atoms with Crippen LogP contribution in [0.2, 0.25) is 0 Å². The van der Waals surface area contributed by atoms with Crippen molar-refractivity contribution in [2.75, 3.05) is 5.75 Å². The predicted octanol–water partition coefficient (Wildman–Crippen LogP) is 4.10. The summed E-state index contributed by atoms with van der Waals surface area (Å²) in [5.41, 5.74) is 5.99. The maximum Gasteiger partial charge on any atom is 0.0310 e. The van der Waals surface area contributed by atoms with Crippen molar-refractivity contribution < 1.29 is 0 Å². The van der Waals surface area contributed by atoms with E-state index < -0.39 is 0 Å². The van der Waals surface area contributed by atoms with E-state index in [4.69, 9.17) is 5.84 Å². The molecule has 2 atom stereocenters. The molecule has 4 heteroatoms. The third-order valence-corrected chi connectivity index (χ3v) is 5.73. The van der Waals surface area contributed by atoms with Gasteiger partial charge < -0.3 is 0 Å². The summed E-state index contributed by atoms with van der Waals surface area (Å²) in [6.07, 6.45) is 2.30. The normalized spacial score (nSPS) is 17.9. The van der Waals surface area contributed by atoms with E-state index >= 15 is 0 Å². The van der Waals surface area contributed by atoms with Crippen LogP contribution in [-0.2, 0) is 6.42 Å². The van der Waals surface area contributed by atoms with E-state index in [9.17, 15) is 0 Å². The number of rotatable bonds is 6. The van der Waals surface area contributed by atoms with Gasteiger partial charge in [0.1, 0.15) is 0 Å². The minimum atomic E-state index is 0.344. The summed E-state index contributed by atoms with van der Waals surface area (Å²) in [6, 6.07) is 17.5. The lowest BCUT2D eigenvalue weighted by molar-refractivity contribution is 0.452. The average molecular weight is 363 g/mol. The first-order valence-corrected chi connectivity index (χ1v) is 8.96. The van der Waals surface area contributed by atoms with Gasteiger partial charge in [0, 0.05) is 21.2 Å². The zero-order valence-corrected chi connectivity index (χ0v) is 14.2. The first kappa shape index (κ1) is 15.1. The fourth-order valence-electron chi connectivity index (χ4n) is 2.83. The molecule has 3 N–H and O–H groups in total. The molecule has 0 aliphatic heterocycles. The van der Waals surface area contributed by atoms with E-state index in [0.717, 1.165) is 16.6 Å². The quantitative estimate of drug-likeness (QED) is 0.461. The number of hydrogen-bond donors (Lipinski definition) is 2. The predicted molar refractivity (Wildman–Crippen MR) is 93.5 cm³/mol. The highest BCUT2D eigenvalue weighted by molar-refractivity contribution is 9.10. The molecule has 0 spiro atoms. The molecular formula is C17H19BrN2S. The van der Waals surface area contributed by atoms with Crippen molar-refractivity contribution in [3.8, 4) is 0 Å². The van der Waals surface area contributed by atoms with Gasteiger partial charge in [0.15, 0.2) is 0 Å². The van der Waals surface area contributed by atoms with Crippen LogP contribution in [0.1, 0.15) is 23.5 Å². The van der Waals surface area contributed by atoms with Crippen LogP contribution in [0.4, 0.5) is 0 Å². The van der Waals surface area contributed by atoms with Crippen molar-refractivity contribution in [2.24, 2.45) is 5.84 Å².